The predicted molar refractivity (Wildman–Crippen MR) is 86.5 cm³/mol. The van der Waals surface area contributed by atoms with Gasteiger partial charge in [0.1, 0.15) is 11.6 Å². The quantitative estimate of drug-likeness (QED) is 0.921. The summed E-state index contributed by atoms with van der Waals surface area (Å²) in [5, 5.41) is 6.06. The second-order valence-corrected chi connectivity index (χ2v) is 6.67. The molecule has 2 aromatic rings. The van der Waals surface area contributed by atoms with Crippen LogP contribution >= 0.6 is 11.3 Å². The van der Waals surface area contributed by atoms with Crippen molar-refractivity contribution in [1.29, 1.82) is 0 Å². The van der Waals surface area contributed by atoms with Crippen molar-refractivity contribution in [3.05, 3.63) is 33.5 Å². The summed E-state index contributed by atoms with van der Waals surface area (Å²) in [5.41, 5.74) is 5.63. The van der Waals surface area contributed by atoms with Gasteiger partial charge in [0.25, 0.3) is 5.91 Å². The van der Waals surface area contributed by atoms with Crippen LogP contribution in [0.15, 0.2) is 11.4 Å². The summed E-state index contributed by atoms with van der Waals surface area (Å²) in [7, 11) is 0. The lowest BCUT2D eigenvalue weighted by Gasteiger charge is -2.32. The van der Waals surface area contributed by atoms with Crippen LogP contribution in [0.4, 0.5) is 0 Å². The maximum atomic E-state index is 12.6. The van der Waals surface area contributed by atoms with Crippen molar-refractivity contribution in [2.45, 2.75) is 32.7 Å². The number of likely N-dealkylation sites (tertiary alicyclic amines) is 1. The minimum absolute atomic E-state index is 0.0540. The van der Waals surface area contributed by atoms with Gasteiger partial charge in [0.2, 0.25) is 5.91 Å². The van der Waals surface area contributed by atoms with Crippen LogP contribution in [0.25, 0.3) is 0 Å². The highest BCUT2D eigenvalue weighted by molar-refractivity contribution is 7.12. The average molecular weight is 333 g/mol. The van der Waals surface area contributed by atoms with Gasteiger partial charge in [-0.1, -0.05) is 0 Å². The molecule has 1 aliphatic rings. The molecule has 122 valence electrons. The summed E-state index contributed by atoms with van der Waals surface area (Å²) in [4.78, 5) is 30.5. The first-order valence-electron chi connectivity index (χ1n) is 7.53. The Morgan fingerprint density at radius 3 is 2.78 bits per heavy atom. The van der Waals surface area contributed by atoms with Gasteiger partial charge in [-0.3, -0.25) is 9.59 Å². The fraction of sp³-hybridized carbons (Fsp3) is 0.467. The summed E-state index contributed by atoms with van der Waals surface area (Å²) in [6.45, 7) is 5.11. The molecule has 1 aliphatic heterocycles. The molecular formula is C15H19N5O2S. The van der Waals surface area contributed by atoms with Gasteiger partial charge in [-0.15, -0.1) is 11.3 Å². The monoisotopic (exact) mass is 333 g/mol. The summed E-state index contributed by atoms with van der Waals surface area (Å²) < 4.78 is 1.91. The van der Waals surface area contributed by atoms with E-state index in [1.807, 2.05) is 23.4 Å². The number of hydrogen-bond donors (Lipinski definition) is 1. The van der Waals surface area contributed by atoms with Gasteiger partial charge in [-0.25, -0.2) is 9.67 Å². The summed E-state index contributed by atoms with van der Waals surface area (Å²) >= 11 is 1.26. The highest BCUT2D eigenvalue weighted by Gasteiger charge is 2.28. The van der Waals surface area contributed by atoms with Crippen molar-refractivity contribution in [2.75, 3.05) is 13.1 Å². The van der Waals surface area contributed by atoms with Gasteiger partial charge in [0.15, 0.2) is 0 Å². The number of aryl methyl sites for hydroxylation is 2. The van der Waals surface area contributed by atoms with E-state index in [2.05, 4.69) is 10.1 Å². The molecule has 0 aromatic carbocycles. The molecule has 0 radical (unpaired) electrons. The molecule has 2 amide bonds. The fourth-order valence-corrected chi connectivity index (χ4v) is 3.82. The standard InChI is InChI=1S/C15H19N5O2S/c1-9-17-10(2)20(18-9)12-4-3-5-19(7-12)15(22)13-6-11(8-23-13)14(16)21/h6,8,12H,3-5,7H2,1-2H3,(H2,16,21)/t12-/m0/s1. The summed E-state index contributed by atoms with van der Waals surface area (Å²) in [6.07, 6.45) is 1.90. The van der Waals surface area contributed by atoms with Crippen LogP contribution < -0.4 is 5.73 Å². The van der Waals surface area contributed by atoms with Crippen LogP contribution in [-0.4, -0.2) is 44.6 Å². The number of aromatic nitrogens is 3. The number of carbonyl (C=O) groups is 2. The molecule has 1 fully saturated rings. The van der Waals surface area contributed by atoms with Gasteiger partial charge < -0.3 is 10.6 Å². The predicted octanol–water partition coefficient (Wildman–Crippen LogP) is 1.53. The Morgan fingerprint density at radius 2 is 2.17 bits per heavy atom. The zero-order chi connectivity index (χ0) is 16.6. The fourth-order valence-electron chi connectivity index (χ4n) is 2.95. The number of thiophene rings is 1. The summed E-state index contributed by atoms with van der Waals surface area (Å²) in [6, 6.07) is 1.72. The topological polar surface area (TPSA) is 94.1 Å². The van der Waals surface area contributed by atoms with E-state index in [0.717, 1.165) is 24.5 Å². The molecule has 0 unspecified atom stereocenters. The molecule has 1 atom stereocenters. The van der Waals surface area contributed by atoms with Crippen LogP contribution in [0, 0.1) is 13.8 Å². The Balaban J connectivity index is 1.76. The zero-order valence-corrected chi connectivity index (χ0v) is 14.0. The van der Waals surface area contributed by atoms with E-state index in [-0.39, 0.29) is 11.9 Å². The molecule has 3 rings (SSSR count). The van der Waals surface area contributed by atoms with Crippen molar-refractivity contribution >= 4 is 23.2 Å². The lowest BCUT2D eigenvalue weighted by Crippen LogP contribution is -2.41. The van der Waals surface area contributed by atoms with Gasteiger partial charge in [-0.05, 0) is 32.8 Å². The lowest BCUT2D eigenvalue weighted by atomic mass is 10.1. The van der Waals surface area contributed by atoms with E-state index in [1.54, 1.807) is 11.4 Å². The van der Waals surface area contributed by atoms with Gasteiger partial charge >= 0.3 is 0 Å². The van der Waals surface area contributed by atoms with E-state index in [4.69, 9.17) is 5.73 Å². The third kappa shape index (κ3) is 3.12. The van der Waals surface area contributed by atoms with Crippen molar-refractivity contribution in [1.82, 2.24) is 19.7 Å². The van der Waals surface area contributed by atoms with E-state index in [1.165, 1.54) is 11.3 Å². The number of piperidine rings is 1. The van der Waals surface area contributed by atoms with Gasteiger partial charge in [-0.2, -0.15) is 5.10 Å². The number of nitrogens with two attached hydrogens (primary N) is 1. The smallest absolute Gasteiger partial charge is 0.264 e. The number of carbonyl (C=O) groups excluding carboxylic acids is 2. The third-order valence-corrected chi connectivity index (χ3v) is 4.95. The maximum absolute atomic E-state index is 12.6. The Hall–Kier alpha value is -2.22. The highest BCUT2D eigenvalue weighted by atomic mass is 32.1. The molecule has 23 heavy (non-hydrogen) atoms. The van der Waals surface area contributed by atoms with Crippen molar-refractivity contribution < 1.29 is 9.59 Å². The van der Waals surface area contributed by atoms with Crippen molar-refractivity contribution in [3.8, 4) is 0 Å². The van der Waals surface area contributed by atoms with E-state index < -0.39 is 5.91 Å². The van der Waals surface area contributed by atoms with Crippen LogP contribution in [0.3, 0.4) is 0 Å². The first kappa shape index (κ1) is 15.7. The largest absolute Gasteiger partial charge is 0.366 e. The SMILES string of the molecule is Cc1nc(C)n([C@H]2CCCN(C(=O)c3cc(C(N)=O)cs3)C2)n1. The first-order valence-corrected chi connectivity index (χ1v) is 8.41. The zero-order valence-electron chi connectivity index (χ0n) is 13.2. The molecule has 1 saturated heterocycles. The Labute approximate surface area is 138 Å². The molecule has 2 N–H and O–H groups in total. The molecule has 2 aromatic heterocycles. The first-order chi connectivity index (χ1) is 11.0. The van der Waals surface area contributed by atoms with E-state index in [9.17, 15) is 9.59 Å². The summed E-state index contributed by atoms with van der Waals surface area (Å²) in [5.74, 6) is 1.05. The van der Waals surface area contributed by atoms with Gasteiger partial charge in [0, 0.05) is 18.5 Å². The second kappa shape index (κ2) is 6.11. The lowest BCUT2D eigenvalue weighted by molar-refractivity contribution is 0.0676. The molecular weight excluding hydrogens is 314 g/mol. The minimum atomic E-state index is -0.509. The van der Waals surface area contributed by atoms with E-state index >= 15 is 0 Å². The Morgan fingerprint density at radius 1 is 1.39 bits per heavy atom. The van der Waals surface area contributed by atoms with Crippen LogP contribution in [0.1, 0.15) is 50.6 Å². The molecule has 3 heterocycles. The normalized spacial score (nSPS) is 18.2. The third-order valence-electron chi connectivity index (χ3n) is 4.03. The van der Waals surface area contributed by atoms with Crippen molar-refractivity contribution in [3.63, 3.8) is 0 Å². The average Bonchev–Trinajstić information content (AvgIpc) is 3.13. The molecule has 0 bridgehead atoms. The molecule has 7 nitrogen and oxygen atoms in total. The van der Waals surface area contributed by atoms with Crippen LogP contribution in [0.5, 0.6) is 0 Å². The van der Waals surface area contributed by atoms with Crippen molar-refractivity contribution in [2.24, 2.45) is 5.73 Å². The van der Waals surface area contributed by atoms with E-state index in [0.29, 0.717) is 23.5 Å². The molecule has 0 aliphatic carbocycles. The Kier molecular flexibility index (Phi) is 4.16. The number of rotatable bonds is 3. The molecule has 8 heteroatoms. The number of nitrogens with zero attached hydrogens (tertiary/aromatic N) is 4. The molecule has 0 saturated carbocycles. The molecule has 0 spiro atoms. The van der Waals surface area contributed by atoms with Crippen LogP contribution in [0.2, 0.25) is 0 Å². The Bertz CT molecular complexity index is 751. The minimum Gasteiger partial charge on any atom is -0.366 e. The van der Waals surface area contributed by atoms with Crippen LogP contribution in [-0.2, 0) is 0 Å². The number of amides is 2. The van der Waals surface area contributed by atoms with Gasteiger partial charge in [0.05, 0.1) is 16.5 Å². The highest BCUT2D eigenvalue weighted by Crippen LogP contribution is 2.25. The number of primary amides is 1. The maximum Gasteiger partial charge on any atom is 0.264 e. The number of hydrogen-bond acceptors (Lipinski definition) is 5. The second-order valence-electron chi connectivity index (χ2n) is 5.76.